The molecule has 0 unspecified atom stereocenters. The van der Waals surface area contributed by atoms with Gasteiger partial charge in [0.15, 0.2) is 6.39 Å². The van der Waals surface area contributed by atoms with Gasteiger partial charge in [-0.3, -0.25) is 0 Å². The number of hydrogen-bond donors (Lipinski definition) is 1. The second kappa shape index (κ2) is 4.90. The number of aromatic nitrogens is 1. The van der Waals surface area contributed by atoms with E-state index in [0.29, 0.717) is 12.1 Å². The molecule has 1 N–H and O–H groups in total. The van der Waals surface area contributed by atoms with Crippen molar-refractivity contribution < 1.29 is 8.81 Å². The van der Waals surface area contributed by atoms with Crippen molar-refractivity contribution in [2.45, 2.75) is 19.5 Å². The van der Waals surface area contributed by atoms with E-state index in [-0.39, 0.29) is 11.9 Å². The van der Waals surface area contributed by atoms with Crippen LogP contribution in [0.5, 0.6) is 0 Å². The van der Waals surface area contributed by atoms with Crippen molar-refractivity contribution in [1.82, 2.24) is 10.3 Å². The van der Waals surface area contributed by atoms with Crippen LogP contribution in [0.1, 0.15) is 24.3 Å². The molecule has 1 aromatic heterocycles. The van der Waals surface area contributed by atoms with Crippen LogP contribution < -0.4 is 5.32 Å². The lowest BCUT2D eigenvalue weighted by Gasteiger charge is -2.13. The summed E-state index contributed by atoms with van der Waals surface area (Å²) in [6.07, 6.45) is 3.02. The SMILES string of the molecule is C[C@@H](NCc1cnco1)c1ccccc1F. The maximum Gasteiger partial charge on any atom is 0.180 e. The Hall–Kier alpha value is -1.68. The van der Waals surface area contributed by atoms with E-state index in [1.54, 1.807) is 18.3 Å². The first-order valence-electron chi connectivity index (χ1n) is 5.12. The summed E-state index contributed by atoms with van der Waals surface area (Å²) in [5.74, 6) is 0.545. The van der Waals surface area contributed by atoms with E-state index >= 15 is 0 Å². The average Bonchev–Trinajstić information content (AvgIpc) is 2.79. The Morgan fingerprint density at radius 1 is 1.44 bits per heavy atom. The smallest absolute Gasteiger partial charge is 0.180 e. The lowest BCUT2D eigenvalue weighted by Crippen LogP contribution is -2.18. The zero-order valence-electron chi connectivity index (χ0n) is 8.98. The maximum absolute atomic E-state index is 13.4. The van der Waals surface area contributed by atoms with Crippen molar-refractivity contribution in [2.24, 2.45) is 0 Å². The van der Waals surface area contributed by atoms with Crippen molar-refractivity contribution in [1.29, 1.82) is 0 Å². The van der Waals surface area contributed by atoms with Gasteiger partial charge in [-0.25, -0.2) is 9.37 Å². The molecule has 1 heterocycles. The molecule has 0 spiro atoms. The van der Waals surface area contributed by atoms with Gasteiger partial charge in [0.05, 0.1) is 12.7 Å². The molecule has 0 amide bonds. The number of oxazole rings is 1. The topological polar surface area (TPSA) is 38.1 Å². The number of hydrogen-bond acceptors (Lipinski definition) is 3. The highest BCUT2D eigenvalue weighted by Gasteiger charge is 2.09. The molecule has 0 aliphatic heterocycles. The fraction of sp³-hybridized carbons (Fsp3) is 0.250. The first-order chi connectivity index (χ1) is 7.77. The standard InChI is InChI=1S/C12H13FN2O/c1-9(11-4-2-3-5-12(11)13)15-7-10-6-14-8-16-10/h2-6,8-9,15H,7H2,1H3/t9-/m1/s1. The van der Waals surface area contributed by atoms with Gasteiger partial charge in [-0.2, -0.15) is 0 Å². The second-order valence-corrected chi connectivity index (χ2v) is 3.59. The van der Waals surface area contributed by atoms with Gasteiger partial charge in [0.2, 0.25) is 0 Å². The Kier molecular flexibility index (Phi) is 3.31. The third-order valence-corrected chi connectivity index (χ3v) is 2.44. The van der Waals surface area contributed by atoms with Gasteiger partial charge < -0.3 is 9.73 Å². The molecule has 0 saturated carbocycles. The highest BCUT2D eigenvalue weighted by atomic mass is 19.1. The lowest BCUT2D eigenvalue weighted by molar-refractivity contribution is 0.451. The van der Waals surface area contributed by atoms with Crippen LogP contribution in [0.4, 0.5) is 4.39 Å². The van der Waals surface area contributed by atoms with E-state index in [2.05, 4.69) is 10.3 Å². The van der Waals surface area contributed by atoms with E-state index in [1.165, 1.54) is 12.5 Å². The molecular formula is C12H13FN2O. The minimum Gasteiger partial charge on any atom is -0.447 e. The zero-order chi connectivity index (χ0) is 11.4. The first kappa shape index (κ1) is 10.8. The van der Waals surface area contributed by atoms with Gasteiger partial charge in [-0.05, 0) is 13.0 Å². The molecule has 4 heteroatoms. The Balaban J connectivity index is 1.98. The van der Waals surface area contributed by atoms with E-state index in [0.717, 1.165) is 5.76 Å². The van der Waals surface area contributed by atoms with Crippen molar-refractivity contribution in [3.8, 4) is 0 Å². The molecule has 0 aliphatic rings. The quantitative estimate of drug-likeness (QED) is 0.860. The van der Waals surface area contributed by atoms with Crippen LogP contribution in [0.25, 0.3) is 0 Å². The van der Waals surface area contributed by atoms with Gasteiger partial charge in [0.1, 0.15) is 11.6 Å². The molecule has 16 heavy (non-hydrogen) atoms. The van der Waals surface area contributed by atoms with E-state index in [1.807, 2.05) is 13.0 Å². The Morgan fingerprint density at radius 3 is 2.94 bits per heavy atom. The predicted octanol–water partition coefficient (Wildman–Crippen LogP) is 2.66. The minimum atomic E-state index is -0.194. The fourth-order valence-electron chi connectivity index (χ4n) is 1.52. The normalized spacial score (nSPS) is 12.6. The van der Waals surface area contributed by atoms with Crippen LogP contribution in [0.15, 0.2) is 41.3 Å². The van der Waals surface area contributed by atoms with Crippen LogP contribution in [0, 0.1) is 5.82 Å². The molecule has 84 valence electrons. The monoisotopic (exact) mass is 220 g/mol. The van der Waals surface area contributed by atoms with Crippen LogP contribution in [0.2, 0.25) is 0 Å². The Labute approximate surface area is 93.3 Å². The minimum absolute atomic E-state index is 0.0636. The highest BCUT2D eigenvalue weighted by molar-refractivity contribution is 5.20. The van der Waals surface area contributed by atoms with E-state index in [9.17, 15) is 4.39 Å². The van der Waals surface area contributed by atoms with Crippen LogP contribution >= 0.6 is 0 Å². The fourth-order valence-corrected chi connectivity index (χ4v) is 1.52. The number of nitrogens with zero attached hydrogens (tertiary/aromatic N) is 1. The van der Waals surface area contributed by atoms with Crippen LogP contribution in [-0.2, 0) is 6.54 Å². The summed E-state index contributed by atoms with van der Waals surface area (Å²) in [5.41, 5.74) is 0.655. The van der Waals surface area contributed by atoms with Gasteiger partial charge >= 0.3 is 0 Å². The maximum atomic E-state index is 13.4. The van der Waals surface area contributed by atoms with Crippen molar-refractivity contribution >= 4 is 0 Å². The van der Waals surface area contributed by atoms with Crippen molar-refractivity contribution in [3.63, 3.8) is 0 Å². The predicted molar refractivity (Wildman–Crippen MR) is 58.2 cm³/mol. The number of halogens is 1. The third kappa shape index (κ3) is 2.46. The molecule has 2 aromatic rings. The summed E-state index contributed by atoms with van der Waals surface area (Å²) in [5, 5.41) is 3.17. The van der Waals surface area contributed by atoms with Crippen molar-refractivity contribution in [2.75, 3.05) is 0 Å². The number of nitrogens with one attached hydrogen (secondary N) is 1. The first-order valence-corrected chi connectivity index (χ1v) is 5.12. The largest absolute Gasteiger partial charge is 0.447 e. The second-order valence-electron chi connectivity index (χ2n) is 3.59. The molecule has 2 rings (SSSR count). The third-order valence-electron chi connectivity index (χ3n) is 2.44. The molecule has 1 aromatic carbocycles. The van der Waals surface area contributed by atoms with Crippen LogP contribution in [-0.4, -0.2) is 4.98 Å². The molecule has 0 aliphatic carbocycles. The van der Waals surface area contributed by atoms with Crippen LogP contribution in [0.3, 0.4) is 0 Å². The number of benzene rings is 1. The molecule has 0 saturated heterocycles. The highest BCUT2D eigenvalue weighted by Crippen LogP contribution is 2.16. The molecule has 3 nitrogen and oxygen atoms in total. The lowest BCUT2D eigenvalue weighted by atomic mass is 10.1. The molecular weight excluding hydrogens is 207 g/mol. The average molecular weight is 220 g/mol. The molecule has 0 bridgehead atoms. The molecule has 0 fully saturated rings. The van der Waals surface area contributed by atoms with Gasteiger partial charge in [-0.1, -0.05) is 18.2 Å². The zero-order valence-corrected chi connectivity index (χ0v) is 8.98. The Bertz CT molecular complexity index is 442. The summed E-state index contributed by atoms with van der Waals surface area (Å²) >= 11 is 0. The van der Waals surface area contributed by atoms with Crippen molar-refractivity contribution in [3.05, 3.63) is 54.0 Å². The summed E-state index contributed by atoms with van der Waals surface area (Å²) in [6, 6.07) is 6.67. The van der Waals surface area contributed by atoms with Gasteiger partial charge in [0, 0.05) is 11.6 Å². The van der Waals surface area contributed by atoms with Gasteiger partial charge in [0.25, 0.3) is 0 Å². The number of rotatable bonds is 4. The van der Waals surface area contributed by atoms with E-state index in [4.69, 9.17) is 4.42 Å². The Morgan fingerprint density at radius 2 is 2.25 bits per heavy atom. The van der Waals surface area contributed by atoms with E-state index < -0.39 is 0 Å². The summed E-state index contributed by atoms with van der Waals surface area (Å²) < 4.78 is 18.5. The summed E-state index contributed by atoms with van der Waals surface area (Å²) in [7, 11) is 0. The molecule has 1 atom stereocenters. The molecule has 0 radical (unpaired) electrons. The van der Waals surface area contributed by atoms with Gasteiger partial charge in [-0.15, -0.1) is 0 Å². The summed E-state index contributed by atoms with van der Waals surface area (Å²) in [4.78, 5) is 3.81. The summed E-state index contributed by atoms with van der Waals surface area (Å²) in [6.45, 7) is 2.45.